The lowest BCUT2D eigenvalue weighted by Gasteiger charge is -2.32. The van der Waals surface area contributed by atoms with E-state index in [0.29, 0.717) is 12.3 Å². The lowest BCUT2D eigenvalue weighted by molar-refractivity contribution is -0.133. The fourth-order valence-electron chi connectivity index (χ4n) is 3.59. The minimum atomic E-state index is -0.321. The SMILES string of the molecule is CCCCCCC1C=C2CCCC(=O)[C@H](C2=O)[C@H]1C. The van der Waals surface area contributed by atoms with Crippen LogP contribution >= 0.6 is 0 Å². The number of Topliss-reactive ketones (excluding diaryl/α,β-unsaturated/α-hetero) is 2. The van der Waals surface area contributed by atoms with Crippen molar-refractivity contribution in [2.24, 2.45) is 17.8 Å². The Balaban J connectivity index is 2.07. The van der Waals surface area contributed by atoms with Crippen molar-refractivity contribution in [1.29, 1.82) is 0 Å². The van der Waals surface area contributed by atoms with E-state index in [-0.39, 0.29) is 23.4 Å². The Hall–Kier alpha value is -0.920. The van der Waals surface area contributed by atoms with Crippen molar-refractivity contribution >= 4 is 11.6 Å². The van der Waals surface area contributed by atoms with Gasteiger partial charge in [-0.25, -0.2) is 0 Å². The molecule has 0 heterocycles. The van der Waals surface area contributed by atoms with Crippen molar-refractivity contribution in [2.75, 3.05) is 0 Å². The van der Waals surface area contributed by atoms with Crippen LogP contribution in [0.3, 0.4) is 0 Å². The quantitative estimate of drug-likeness (QED) is 0.552. The van der Waals surface area contributed by atoms with E-state index in [1.807, 2.05) is 0 Å². The molecule has 0 aromatic heterocycles. The van der Waals surface area contributed by atoms with E-state index in [9.17, 15) is 9.59 Å². The Kier molecular flexibility index (Phi) is 4.95. The first-order valence-electron chi connectivity index (χ1n) is 7.92. The molecule has 2 aliphatic carbocycles. The van der Waals surface area contributed by atoms with E-state index < -0.39 is 0 Å². The summed E-state index contributed by atoms with van der Waals surface area (Å²) in [4.78, 5) is 24.4. The molecule has 0 radical (unpaired) electrons. The van der Waals surface area contributed by atoms with E-state index in [4.69, 9.17) is 0 Å². The first-order chi connectivity index (χ1) is 9.15. The molecule has 0 aromatic rings. The molecule has 1 saturated carbocycles. The van der Waals surface area contributed by atoms with Crippen LogP contribution in [0, 0.1) is 17.8 Å². The summed E-state index contributed by atoms with van der Waals surface area (Å²) in [6, 6.07) is 0. The Bertz CT molecular complexity index is 381. The molecule has 2 nitrogen and oxygen atoms in total. The molecule has 19 heavy (non-hydrogen) atoms. The topological polar surface area (TPSA) is 34.1 Å². The van der Waals surface area contributed by atoms with Crippen LogP contribution in [0.25, 0.3) is 0 Å². The lowest BCUT2D eigenvalue weighted by Crippen LogP contribution is -2.36. The maximum Gasteiger partial charge on any atom is 0.169 e. The molecule has 1 unspecified atom stereocenters. The van der Waals surface area contributed by atoms with Gasteiger partial charge in [0.25, 0.3) is 0 Å². The molecule has 3 atom stereocenters. The number of fused-ring (bicyclic) bond motifs is 2. The average molecular weight is 262 g/mol. The zero-order chi connectivity index (χ0) is 13.8. The van der Waals surface area contributed by atoms with E-state index in [0.717, 1.165) is 24.8 Å². The van der Waals surface area contributed by atoms with Crippen LogP contribution in [0.15, 0.2) is 11.6 Å². The zero-order valence-corrected chi connectivity index (χ0v) is 12.3. The molecule has 0 spiro atoms. The first-order valence-corrected chi connectivity index (χ1v) is 7.92. The van der Waals surface area contributed by atoms with E-state index in [2.05, 4.69) is 19.9 Å². The van der Waals surface area contributed by atoms with Gasteiger partial charge in [0.15, 0.2) is 5.78 Å². The molecule has 2 aliphatic rings. The molecule has 2 heteroatoms. The number of rotatable bonds is 5. The standard InChI is InChI=1S/C17H26O2/c1-3-4-5-6-8-13-11-14-9-7-10-15(18)16(12(13)2)17(14)19/h11-13,16H,3-10H2,1-2H3/t12-,13?,16+/m0/s1. The van der Waals surface area contributed by atoms with Crippen molar-refractivity contribution in [1.82, 2.24) is 0 Å². The lowest BCUT2D eigenvalue weighted by atomic mass is 9.70. The number of carbonyl (C=O) groups excluding carboxylic acids is 2. The van der Waals surface area contributed by atoms with Crippen molar-refractivity contribution in [3.05, 3.63) is 11.6 Å². The predicted octanol–water partition coefficient (Wildman–Crippen LogP) is 4.09. The number of ketones is 2. The molecule has 0 aliphatic heterocycles. The summed E-state index contributed by atoms with van der Waals surface area (Å²) in [5.41, 5.74) is 0.953. The maximum absolute atomic E-state index is 12.3. The molecule has 106 valence electrons. The Morgan fingerprint density at radius 3 is 2.68 bits per heavy atom. The van der Waals surface area contributed by atoms with Gasteiger partial charge in [0.05, 0.1) is 5.92 Å². The third kappa shape index (κ3) is 3.16. The summed E-state index contributed by atoms with van der Waals surface area (Å²) in [7, 11) is 0. The van der Waals surface area contributed by atoms with Crippen LogP contribution in [0.2, 0.25) is 0 Å². The largest absolute Gasteiger partial charge is 0.299 e. The number of hydrogen-bond donors (Lipinski definition) is 0. The third-order valence-corrected chi connectivity index (χ3v) is 4.82. The second-order valence-corrected chi connectivity index (χ2v) is 6.23. The number of unbranched alkanes of at least 4 members (excludes halogenated alkanes) is 3. The van der Waals surface area contributed by atoms with Gasteiger partial charge in [0.1, 0.15) is 5.78 Å². The fraction of sp³-hybridized carbons (Fsp3) is 0.765. The van der Waals surface area contributed by atoms with Crippen molar-refractivity contribution in [3.8, 4) is 0 Å². The van der Waals surface area contributed by atoms with Gasteiger partial charge in [-0.15, -0.1) is 0 Å². The van der Waals surface area contributed by atoms with Crippen molar-refractivity contribution < 1.29 is 9.59 Å². The summed E-state index contributed by atoms with van der Waals surface area (Å²) >= 11 is 0. The molecule has 0 N–H and O–H groups in total. The van der Waals surface area contributed by atoms with E-state index >= 15 is 0 Å². The molecular weight excluding hydrogens is 236 g/mol. The highest BCUT2D eigenvalue weighted by Gasteiger charge is 2.41. The van der Waals surface area contributed by atoms with Crippen LogP contribution in [-0.2, 0) is 9.59 Å². The maximum atomic E-state index is 12.3. The summed E-state index contributed by atoms with van der Waals surface area (Å²) in [5, 5.41) is 0. The van der Waals surface area contributed by atoms with E-state index in [1.165, 1.54) is 25.7 Å². The molecular formula is C17H26O2. The molecule has 1 fully saturated rings. The smallest absolute Gasteiger partial charge is 0.169 e. The normalized spacial score (nSPS) is 31.1. The van der Waals surface area contributed by atoms with Crippen LogP contribution in [-0.4, -0.2) is 11.6 Å². The number of allylic oxidation sites excluding steroid dienone is 2. The van der Waals surface area contributed by atoms with Crippen molar-refractivity contribution in [3.63, 3.8) is 0 Å². The van der Waals surface area contributed by atoms with Gasteiger partial charge in [0.2, 0.25) is 0 Å². The summed E-state index contributed by atoms with van der Waals surface area (Å²) < 4.78 is 0. The van der Waals surface area contributed by atoms with E-state index in [1.54, 1.807) is 0 Å². The predicted molar refractivity (Wildman–Crippen MR) is 76.9 cm³/mol. The first kappa shape index (κ1) is 14.5. The Morgan fingerprint density at radius 1 is 1.16 bits per heavy atom. The second-order valence-electron chi connectivity index (χ2n) is 6.23. The second kappa shape index (κ2) is 6.49. The van der Waals surface area contributed by atoms with Gasteiger partial charge in [0, 0.05) is 6.42 Å². The van der Waals surface area contributed by atoms with Gasteiger partial charge in [-0.05, 0) is 36.7 Å². The monoisotopic (exact) mass is 262 g/mol. The highest BCUT2D eigenvalue weighted by molar-refractivity contribution is 6.12. The fourth-order valence-corrected chi connectivity index (χ4v) is 3.59. The van der Waals surface area contributed by atoms with Crippen LogP contribution in [0.5, 0.6) is 0 Å². The molecule has 0 aromatic carbocycles. The van der Waals surface area contributed by atoms with Crippen molar-refractivity contribution in [2.45, 2.75) is 65.2 Å². The molecule has 2 rings (SSSR count). The zero-order valence-electron chi connectivity index (χ0n) is 12.3. The molecule has 0 amide bonds. The van der Waals surface area contributed by atoms with Gasteiger partial charge in [-0.2, -0.15) is 0 Å². The third-order valence-electron chi connectivity index (χ3n) is 4.82. The average Bonchev–Trinajstić information content (AvgIpc) is 2.47. The van der Waals surface area contributed by atoms with Crippen LogP contribution < -0.4 is 0 Å². The van der Waals surface area contributed by atoms with Gasteiger partial charge in [-0.1, -0.05) is 45.6 Å². The Labute approximate surface area is 116 Å². The van der Waals surface area contributed by atoms with Crippen LogP contribution in [0.4, 0.5) is 0 Å². The minimum absolute atomic E-state index is 0.139. The minimum Gasteiger partial charge on any atom is -0.299 e. The number of hydrogen-bond acceptors (Lipinski definition) is 2. The van der Waals surface area contributed by atoms with Gasteiger partial charge < -0.3 is 0 Å². The summed E-state index contributed by atoms with van der Waals surface area (Å²) in [6.07, 6.45) is 10.7. The summed E-state index contributed by atoms with van der Waals surface area (Å²) in [5.74, 6) is 0.665. The number of carbonyl (C=O) groups is 2. The highest BCUT2D eigenvalue weighted by Crippen LogP contribution is 2.39. The highest BCUT2D eigenvalue weighted by atomic mass is 16.2. The molecule has 0 saturated heterocycles. The molecule has 2 bridgehead atoms. The Morgan fingerprint density at radius 2 is 1.95 bits per heavy atom. The summed E-state index contributed by atoms with van der Waals surface area (Å²) in [6.45, 7) is 4.32. The van der Waals surface area contributed by atoms with Gasteiger partial charge in [-0.3, -0.25) is 9.59 Å². The van der Waals surface area contributed by atoms with Crippen LogP contribution in [0.1, 0.15) is 65.2 Å². The van der Waals surface area contributed by atoms with Gasteiger partial charge >= 0.3 is 0 Å².